The van der Waals surface area contributed by atoms with Crippen LogP contribution in [0.15, 0.2) is 12.5 Å². The van der Waals surface area contributed by atoms with Crippen LogP contribution >= 0.6 is 11.6 Å². The molecule has 0 unspecified atom stereocenters. The number of hydrogen-bond donors (Lipinski definition) is 1. The largest absolute Gasteiger partial charge is 0.328 e. The van der Waals surface area contributed by atoms with E-state index in [4.69, 9.17) is 11.6 Å². The maximum absolute atomic E-state index is 5.55. The average molecular weight is 155 g/mol. The van der Waals surface area contributed by atoms with Crippen LogP contribution in [-0.4, -0.2) is 19.9 Å². The Balaban J connectivity index is 2.86. The lowest BCUT2D eigenvalue weighted by molar-refractivity contribution is 1.26. The third-order valence-electron chi connectivity index (χ3n) is 1.11. The summed E-state index contributed by atoms with van der Waals surface area (Å²) in [6, 6.07) is 0. The van der Waals surface area contributed by atoms with E-state index in [9.17, 15) is 0 Å². The van der Waals surface area contributed by atoms with Gasteiger partial charge in [0.05, 0.1) is 12.5 Å². The average Bonchev–Trinajstić information content (AvgIpc) is 2.33. The van der Waals surface area contributed by atoms with E-state index in [-0.39, 0.29) is 0 Å². The highest BCUT2D eigenvalue weighted by atomic mass is 35.5. The van der Waals surface area contributed by atoms with Gasteiger partial charge in [0.2, 0.25) is 0 Å². The van der Waals surface area contributed by atoms with Gasteiger partial charge in [0.1, 0.15) is 5.15 Å². The van der Waals surface area contributed by atoms with Gasteiger partial charge in [0, 0.05) is 0 Å². The number of nitrogens with one attached hydrogen (secondary N) is 1. The Morgan fingerprint density at radius 2 is 2.30 bits per heavy atom. The van der Waals surface area contributed by atoms with Crippen LogP contribution in [0, 0.1) is 0 Å². The van der Waals surface area contributed by atoms with Crippen LogP contribution in [0.2, 0.25) is 5.15 Å². The van der Waals surface area contributed by atoms with Crippen LogP contribution in [0.3, 0.4) is 0 Å². The lowest BCUT2D eigenvalue weighted by Crippen LogP contribution is -1.80. The standard InChI is InChI=1S/C5H3ClN4/c6-3-1-7-4-5(10-3)9-2-8-4/h1-2H,(H,7,8,9,10). The van der Waals surface area contributed by atoms with Gasteiger partial charge < -0.3 is 4.98 Å². The first kappa shape index (κ1) is 5.61. The highest BCUT2D eigenvalue weighted by molar-refractivity contribution is 6.29. The zero-order valence-corrected chi connectivity index (χ0v) is 5.63. The van der Waals surface area contributed by atoms with Crippen molar-refractivity contribution < 1.29 is 0 Å². The monoisotopic (exact) mass is 154 g/mol. The highest BCUT2D eigenvalue weighted by Crippen LogP contribution is 2.06. The molecule has 10 heavy (non-hydrogen) atoms. The maximum atomic E-state index is 5.55. The van der Waals surface area contributed by atoms with E-state index in [0.717, 1.165) is 0 Å². The quantitative estimate of drug-likeness (QED) is 0.616. The van der Waals surface area contributed by atoms with E-state index in [0.29, 0.717) is 16.4 Å². The first-order chi connectivity index (χ1) is 4.86. The smallest absolute Gasteiger partial charge is 0.198 e. The number of halogens is 1. The molecule has 0 radical (unpaired) electrons. The third-order valence-corrected chi connectivity index (χ3v) is 1.29. The molecule has 0 atom stereocenters. The fourth-order valence-corrected chi connectivity index (χ4v) is 0.834. The molecule has 1 N–H and O–H groups in total. The molecule has 0 aliphatic rings. The van der Waals surface area contributed by atoms with Crippen molar-refractivity contribution in [2.45, 2.75) is 0 Å². The summed E-state index contributed by atoms with van der Waals surface area (Å²) in [4.78, 5) is 14.5. The fraction of sp³-hybridized carbons (Fsp3) is 0. The van der Waals surface area contributed by atoms with Gasteiger partial charge >= 0.3 is 0 Å². The maximum Gasteiger partial charge on any atom is 0.198 e. The van der Waals surface area contributed by atoms with Crippen molar-refractivity contribution in [2.75, 3.05) is 0 Å². The zero-order valence-electron chi connectivity index (χ0n) is 4.87. The van der Waals surface area contributed by atoms with Gasteiger partial charge in [0.15, 0.2) is 11.3 Å². The molecule has 0 saturated heterocycles. The lowest BCUT2D eigenvalue weighted by atomic mass is 10.7. The van der Waals surface area contributed by atoms with Crippen LogP contribution < -0.4 is 0 Å². The number of aromatic nitrogens is 4. The molecule has 0 aromatic carbocycles. The summed E-state index contributed by atoms with van der Waals surface area (Å²) in [5.74, 6) is 0. The van der Waals surface area contributed by atoms with E-state index in [1.807, 2.05) is 0 Å². The molecule has 0 amide bonds. The zero-order chi connectivity index (χ0) is 6.97. The minimum atomic E-state index is 0.361. The Hall–Kier alpha value is -1.16. The van der Waals surface area contributed by atoms with Crippen LogP contribution in [-0.2, 0) is 0 Å². The summed E-state index contributed by atoms with van der Waals surface area (Å²) in [7, 11) is 0. The van der Waals surface area contributed by atoms with Crippen LogP contribution in [0.5, 0.6) is 0 Å². The molecule has 4 nitrogen and oxygen atoms in total. The van der Waals surface area contributed by atoms with Crippen molar-refractivity contribution in [3.8, 4) is 0 Å². The van der Waals surface area contributed by atoms with Crippen molar-refractivity contribution in [3.63, 3.8) is 0 Å². The number of aromatic amines is 1. The predicted octanol–water partition coefficient (Wildman–Crippen LogP) is 1.01. The summed E-state index contributed by atoms with van der Waals surface area (Å²) < 4.78 is 0. The second-order valence-electron chi connectivity index (χ2n) is 1.77. The van der Waals surface area contributed by atoms with E-state index < -0.39 is 0 Å². The highest BCUT2D eigenvalue weighted by Gasteiger charge is 1.97. The number of nitrogens with zero attached hydrogens (tertiary/aromatic N) is 3. The van der Waals surface area contributed by atoms with Gasteiger partial charge in [-0.1, -0.05) is 11.6 Å². The number of hydrogen-bond acceptors (Lipinski definition) is 3. The molecule has 0 fully saturated rings. The minimum Gasteiger partial charge on any atom is -0.328 e. The van der Waals surface area contributed by atoms with E-state index in [1.54, 1.807) is 0 Å². The Morgan fingerprint density at radius 1 is 1.40 bits per heavy atom. The lowest BCUT2D eigenvalue weighted by Gasteiger charge is -1.85. The third kappa shape index (κ3) is 0.733. The van der Waals surface area contributed by atoms with Crippen LogP contribution in [0.1, 0.15) is 0 Å². The summed E-state index contributed by atoms with van der Waals surface area (Å²) >= 11 is 5.55. The molecule has 2 rings (SSSR count). The van der Waals surface area contributed by atoms with E-state index in [1.165, 1.54) is 12.5 Å². The molecular weight excluding hydrogens is 152 g/mol. The van der Waals surface area contributed by atoms with Gasteiger partial charge in [-0.2, -0.15) is 0 Å². The number of imidazole rings is 1. The normalized spacial score (nSPS) is 10.5. The van der Waals surface area contributed by atoms with Gasteiger partial charge in [-0.05, 0) is 0 Å². The molecule has 5 heteroatoms. The molecule has 0 spiro atoms. The SMILES string of the molecule is Clc1cnc2[nH]cnc2n1. The second kappa shape index (κ2) is 1.91. The van der Waals surface area contributed by atoms with Crippen molar-refractivity contribution in [3.05, 3.63) is 17.7 Å². The van der Waals surface area contributed by atoms with Gasteiger partial charge in [-0.3, -0.25) is 0 Å². The minimum absolute atomic E-state index is 0.361. The van der Waals surface area contributed by atoms with Crippen molar-refractivity contribution in [1.82, 2.24) is 19.9 Å². The summed E-state index contributed by atoms with van der Waals surface area (Å²) in [6.07, 6.45) is 3.00. The Bertz CT molecular complexity index is 355. The van der Waals surface area contributed by atoms with E-state index in [2.05, 4.69) is 19.9 Å². The second-order valence-corrected chi connectivity index (χ2v) is 2.15. The Morgan fingerprint density at radius 3 is 3.20 bits per heavy atom. The topological polar surface area (TPSA) is 54.5 Å². The van der Waals surface area contributed by atoms with Crippen molar-refractivity contribution in [1.29, 1.82) is 0 Å². The van der Waals surface area contributed by atoms with Crippen molar-refractivity contribution in [2.24, 2.45) is 0 Å². The van der Waals surface area contributed by atoms with Gasteiger partial charge in [0.25, 0.3) is 0 Å². The molecule has 2 aromatic rings. The fourth-order valence-electron chi connectivity index (χ4n) is 0.705. The van der Waals surface area contributed by atoms with Gasteiger partial charge in [-0.25, -0.2) is 15.0 Å². The molecule has 0 saturated carbocycles. The van der Waals surface area contributed by atoms with E-state index >= 15 is 0 Å². The number of H-pyrrole nitrogens is 1. The first-order valence-electron chi connectivity index (χ1n) is 2.68. The summed E-state index contributed by atoms with van der Waals surface area (Å²) in [5.41, 5.74) is 1.21. The molecular formula is C5H3ClN4. The number of fused-ring (bicyclic) bond motifs is 1. The summed E-state index contributed by atoms with van der Waals surface area (Å²) in [5, 5.41) is 0.361. The first-order valence-corrected chi connectivity index (χ1v) is 3.06. The van der Waals surface area contributed by atoms with Crippen molar-refractivity contribution >= 4 is 22.9 Å². The molecule has 2 aromatic heterocycles. The number of rotatable bonds is 0. The molecule has 0 aliphatic carbocycles. The Kier molecular flexibility index (Phi) is 1.07. The molecule has 0 aliphatic heterocycles. The predicted molar refractivity (Wildman–Crippen MR) is 36.7 cm³/mol. The van der Waals surface area contributed by atoms with Gasteiger partial charge in [-0.15, -0.1) is 0 Å². The van der Waals surface area contributed by atoms with Crippen LogP contribution in [0.25, 0.3) is 11.3 Å². The van der Waals surface area contributed by atoms with Crippen LogP contribution in [0.4, 0.5) is 0 Å². The molecule has 50 valence electrons. The Labute approximate surface area is 61.3 Å². The summed E-state index contributed by atoms with van der Waals surface area (Å²) in [6.45, 7) is 0. The molecule has 0 bridgehead atoms. The molecule has 2 heterocycles.